The van der Waals surface area contributed by atoms with Crippen LogP contribution in [0.25, 0.3) is 0 Å². The van der Waals surface area contributed by atoms with Crippen LogP contribution in [0.2, 0.25) is 0 Å². The van der Waals surface area contributed by atoms with E-state index in [1.54, 1.807) is 0 Å². The van der Waals surface area contributed by atoms with E-state index in [9.17, 15) is 181 Å². The van der Waals surface area contributed by atoms with Gasteiger partial charge in [-0.25, -0.2) is 14.4 Å². The number of carbonyl (C=O) groups is 9. The SMILES string of the molecule is Cc1c(C(=O)O)c(O)cc2c1C(=O)c1c([O-])c(C3O[C@H](CO)[C@@H](O)[C@H](O)[C@H]3O)c(O)c(O)c1C2=O.Cc1c(C(=O)O)c(O)cc2c1C(=O)c1c([O-])c(C3O[C@H](CO)[C@@H](O)[C@H](O)[C@H]3O)c(O)c(O)c1C2=O.Cc1c(C(=O)O)c(O)cc2c1C(=O)c1c([O-])c(C3O[C@H](CO)[C@@H](O)[C@H](O)[C@H]3O)c(O)c(O)c1C2=O.[Al+3]. The second kappa shape index (κ2) is 28.6. The van der Waals surface area contributed by atoms with Crippen LogP contribution >= 0.6 is 0 Å². The zero-order chi connectivity index (χ0) is 78.3. The van der Waals surface area contributed by atoms with Crippen LogP contribution in [0.15, 0.2) is 18.2 Å². The van der Waals surface area contributed by atoms with E-state index in [0.29, 0.717) is 18.2 Å². The first-order valence-electron chi connectivity index (χ1n) is 30.4. The molecule has 6 aromatic rings. The molecule has 0 aromatic heterocycles. The third kappa shape index (κ3) is 11.8. The number of benzene rings is 6. The fraction of sp³-hybridized carbons (Fsp3) is 0.318. The van der Waals surface area contributed by atoms with E-state index in [1.807, 2.05) is 0 Å². The first-order chi connectivity index (χ1) is 49.0. The Morgan fingerprint density at radius 2 is 0.538 bits per heavy atom. The smallest absolute Gasteiger partial charge is 0.872 e. The quantitative estimate of drug-likeness (QED) is 0.0473. The number of rotatable bonds is 9. The molecule has 6 aromatic carbocycles. The molecule has 24 N–H and O–H groups in total. The van der Waals surface area contributed by atoms with Crippen LogP contribution < -0.4 is 15.3 Å². The van der Waals surface area contributed by atoms with Crippen LogP contribution in [0.5, 0.6) is 69.0 Å². The van der Waals surface area contributed by atoms with Gasteiger partial charge in [-0.3, -0.25) is 28.8 Å². The minimum Gasteiger partial charge on any atom is -0.872 e. The van der Waals surface area contributed by atoms with Crippen LogP contribution in [-0.4, -0.2) is 286 Å². The summed E-state index contributed by atoms with van der Waals surface area (Å²) in [5.74, 6) is -26.2. The number of carboxylic acids is 3. The standard InChI is InChI=1S/3C22H20O13.Al/c3*1-4-8-5(2-6(24)9(4)22(33)34)13(25)10-11(15(8)27)16(28)12(18(30)17(10)29)21-20(32)19(31)14(26)7(3-23)35-21;/h3*2,7,14,19-21,23-24,26,28-32H,3H2,1H3,(H,33,34);/q;;;+3/p-3/t3*7-,14-,19+,20-,21?;/m111./s1. The summed E-state index contributed by atoms with van der Waals surface area (Å²) in [6, 6.07) is 2.09. The Morgan fingerprint density at radius 3 is 0.726 bits per heavy atom. The maximum atomic E-state index is 13.4. The van der Waals surface area contributed by atoms with Crippen molar-refractivity contribution in [2.24, 2.45) is 0 Å². The van der Waals surface area contributed by atoms with E-state index in [-0.39, 0.29) is 34.1 Å². The Bertz CT molecular complexity index is 4370. The average molecular weight is 1500 g/mol. The Morgan fingerprint density at radius 1 is 0.330 bits per heavy atom. The molecule has 15 atom stereocenters. The van der Waals surface area contributed by atoms with Gasteiger partial charge in [-0.1, -0.05) is 17.2 Å². The van der Waals surface area contributed by atoms with E-state index >= 15 is 0 Å². The Balaban J connectivity index is 0.000000183. The molecule has 0 bridgehead atoms. The van der Waals surface area contributed by atoms with Gasteiger partial charge in [0, 0.05) is 66.8 Å². The molecule has 3 unspecified atom stereocenters. The minimum absolute atomic E-state index is 0. The van der Waals surface area contributed by atoms with Crippen molar-refractivity contribution in [3.63, 3.8) is 0 Å². The van der Waals surface area contributed by atoms with Crippen molar-refractivity contribution in [3.8, 4) is 69.0 Å². The number of hydrogen-bond acceptors (Lipinski definition) is 36. The van der Waals surface area contributed by atoms with Gasteiger partial charge in [-0.05, 0) is 55.7 Å². The predicted molar refractivity (Wildman–Crippen MR) is 332 cm³/mol. The maximum Gasteiger partial charge on any atom is 3.00 e. The molecule has 3 fully saturated rings. The van der Waals surface area contributed by atoms with Gasteiger partial charge in [0.05, 0.1) is 36.5 Å². The summed E-state index contributed by atoms with van der Waals surface area (Å²) in [5.41, 5.74) is -14.7. The summed E-state index contributed by atoms with van der Waals surface area (Å²) in [6.45, 7) is 0.751. The summed E-state index contributed by atoms with van der Waals surface area (Å²) >= 11 is 0. The molecule has 6 aliphatic rings. The van der Waals surface area contributed by atoms with Crippen molar-refractivity contribution in [3.05, 3.63) is 135 Å². The van der Waals surface area contributed by atoms with Gasteiger partial charge >= 0.3 is 35.3 Å². The van der Waals surface area contributed by atoms with Crippen LogP contribution in [0.4, 0.5) is 0 Å². The summed E-state index contributed by atoms with van der Waals surface area (Å²) in [6.07, 6.45) is -27.9. The number of carbonyl (C=O) groups excluding carboxylic acids is 6. The number of ketones is 6. The number of fused-ring (bicyclic) bond motifs is 6. The molecule has 0 radical (unpaired) electrons. The van der Waals surface area contributed by atoms with Gasteiger partial charge in [-0.2, -0.15) is 0 Å². The maximum absolute atomic E-state index is 13.4. The molecule has 3 saturated heterocycles. The van der Waals surface area contributed by atoms with E-state index in [0.717, 1.165) is 20.8 Å². The van der Waals surface area contributed by atoms with E-state index in [4.69, 9.17) is 14.2 Å². The molecular weight excluding hydrogens is 1440 g/mol. The largest absolute Gasteiger partial charge is 3.00 e. The number of carboxylic acid groups (broad SMARTS) is 3. The molecular formula is C66H57AlO39. The number of aromatic carboxylic acids is 3. The van der Waals surface area contributed by atoms with Crippen molar-refractivity contribution in [1.82, 2.24) is 0 Å². The average Bonchev–Trinajstić information content (AvgIpc) is 0.724. The molecule has 0 spiro atoms. The van der Waals surface area contributed by atoms with Gasteiger partial charge in [0.15, 0.2) is 69.2 Å². The fourth-order valence-corrected chi connectivity index (χ4v) is 13.7. The zero-order valence-electron chi connectivity index (χ0n) is 53.9. The summed E-state index contributed by atoms with van der Waals surface area (Å²) < 4.78 is 15.8. The topological polar surface area (TPSA) is 736 Å². The normalized spacial score (nSPS) is 25.6. The molecule has 0 amide bonds. The number of aromatic hydroxyl groups is 9. The fourth-order valence-electron chi connectivity index (χ4n) is 13.7. The molecule has 39 nitrogen and oxygen atoms in total. The van der Waals surface area contributed by atoms with Crippen molar-refractivity contribution < 1.29 is 195 Å². The molecule has 40 heteroatoms. The van der Waals surface area contributed by atoms with E-state index in [1.165, 1.54) is 0 Å². The molecule has 3 aliphatic heterocycles. The number of aliphatic hydroxyl groups is 12. The molecule has 558 valence electrons. The number of ether oxygens (including phenoxy) is 3. The number of aliphatic hydroxyl groups excluding tert-OH is 12. The summed E-state index contributed by atoms with van der Waals surface area (Å²) in [4.78, 5) is 114. The van der Waals surface area contributed by atoms with Crippen LogP contribution in [0, 0.1) is 20.8 Å². The van der Waals surface area contributed by atoms with E-state index < -0.39 is 333 Å². The molecule has 3 heterocycles. The van der Waals surface area contributed by atoms with Crippen molar-refractivity contribution in [2.45, 2.75) is 112 Å². The van der Waals surface area contributed by atoms with Crippen molar-refractivity contribution in [2.75, 3.05) is 19.8 Å². The second-order valence-corrected chi connectivity index (χ2v) is 24.7. The number of hydrogen-bond donors (Lipinski definition) is 24. The van der Waals surface area contributed by atoms with Gasteiger partial charge < -0.3 is 152 Å². The third-order valence-electron chi connectivity index (χ3n) is 18.9. The van der Waals surface area contributed by atoms with E-state index in [2.05, 4.69) is 0 Å². The van der Waals surface area contributed by atoms with Crippen molar-refractivity contribution in [1.29, 1.82) is 0 Å². The molecule has 0 saturated carbocycles. The van der Waals surface area contributed by atoms with Crippen LogP contribution in [0.3, 0.4) is 0 Å². The van der Waals surface area contributed by atoms with Gasteiger partial charge in [0.25, 0.3) is 0 Å². The number of phenolic OH excluding ortho intramolecular Hbond substituents is 6. The first kappa shape index (κ1) is 79.4. The monoisotopic (exact) mass is 1500 g/mol. The Kier molecular flexibility index (Phi) is 21.4. The van der Waals surface area contributed by atoms with Crippen molar-refractivity contribution >= 4 is 70.0 Å². The van der Waals surface area contributed by atoms with Crippen LogP contribution in [0.1, 0.15) is 178 Å². The van der Waals surface area contributed by atoms with Gasteiger partial charge in [-0.15, -0.1) is 0 Å². The minimum atomic E-state index is -2.07. The number of phenols is 9. The van der Waals surface area contributed by atoms with Gasteiger partial charge in [0.1, 0.15) is 125 Å². The van der Waals surface area contributed by atoms with Crippen LogP contribution in [-0.2, 0) is 14.2 Å². The zero-order valence-corrected chi connectivity index (χ0v) is 55.1. The molecule has 12 rings (SSSR count). The molecule has 3 aliphatic carbocycles. The first-order valence-corrected chi connectivity index (χ1v) is 30.4. The summed E-state index contributed by atoms with van der Waals surface area (Å²) in [7, 11) is 0. The third-order valence-corrected chi connectivity index (χ3v) is 18.9. The summed E-state index contributed by atoms with van der Waals surface area (Å²) in [5, 5.41) is 281. The molecule has 106 heavy (non-hydrogen) atoms. The predicted octanol–water partition coefficient (Wildman–Crippen LogP) is -5.86. The Hall–Kier alpha value is -10.7. The van der Waals surface area contributed by atoms with Gasteiger partial charge in [0.2, 0.25) is 0 Å². The second-order valence-electron chi connectivity index (χ2n) is 24.7. The Labute approximate surface area is 599 Å².